The Balaban J connectivity index is 2.60. The van der Waals surface area contributed by atoms with Gasteiger partial charge in [0.1, 0.15) is 5.75 Å². The molecule has 0 aromatic heterocycles. The molecular formula is C13H14O2. The molecule has 0 saturated heterocycles. The first-order chi connectivity index (χ1) is 7.26. The van der Waals surface area contributed by atoms with Crippen LogP contribution in [0.15, 0.2) is 49.1 Å². The predicted octanol–water partition coefficient (Wildman–Crippen LogP) is 2.55. The van der Waals surface area contributed by atoms with Crippen molar-refractivity contribution >= 4 is 5.78 Å². The van der Waals surface area contributed by atoms with Gasteiger partial charge in [0.05, 0.1) is 7.11 Å². The summed E-state index contributed by atoms with van der Waals surface area (Å²) in [5.74, 6) is 0.868. The first kappa shape index (κ1) is 11.2. The van der Waals surface area contributed by atoms with Crippen LogP contribution in [0.1, 0.15) is 5.56 Å². The summed E-state index contributed by atoms with van der Waals surface area (Å²) < 4.78 is 5.03. The highest BCUT2D eigenvalue weighted by Gasteiger charge is 1.99. The molecular weight excluding hydrogens is 188 g/mol. The zero-order chi connectivity index (χ0) is 11.1. The van der Waals surface area contributed by atoms with E-state index in [-0.39, 0.29) is 5.78 Å². The number of benzene rings is 1. The number of methoxy groups -OCH3 is 1. The summed E-state index contributed by atoms with van der Waals surface area (Å²) in [7, 11) is 1.62. The van der Waals surface area contributed by atoms with Crippen LogP contribution in [0.2, 0.25) is 0 Å². The summed E-state index contributed by atoms with van der Waals surface area (Å²) in [6.07, 6.45) is 5.17. The molecule has 0 heterocycles. The third-order valence-corrected chi connectivity index (χ3v) is 1.96. The maximum absolute atomic E-state index is 11.4. The largest absolute Gasteiger partial charge is 0.497 e. The van der Waals surface area contributed by atoms with E-state index in [2.05, 4.69) is 6.58 Å². The minimum Gasteiger partial charge on any atom is -0.497 e. The quantitative estimate of drug-likeness (QED) is 0.541. The summed E-state index contributed by atoms with van der Waals surface area (Å²) in [5, 5.41) is 0. The number of rotatable bonds is 5. The Morgan fingerprint density at radius 3 is 2.60 bits per heavy atom. The molecule has 2 nitrogen and oxygen atoms in total. The summed E-state index contributed by atoms with van der Waals surface area (Å²) >= 11 is 0. The molecule has 15 heavy (non-hydrogen) atoms. The van der Waals surface area contributed by atoms with Crippen LogP contribution in [0.5, 0.6) is 5.75 Å². The van der Waals surface area contributed by atoms with Gasteiger partial charge in [-0.2, -0.15) is 0 Å². The van der Waals surface area contributed by atoms with Crippen molar-refractivity contribution < 1.29 is 9.53 Å². The van der Waals surface area contributed by atoms with Gasteiger partial charge in [-0.3, -0.25) is 4.79 Å². The van der Waals surface area contributed by atoms with Gasteiger partial charge in [-0.15, -0.1) is 0 Å². The molecule has 0 unspecified atom stereocenters. The van der Waals surface area contributed by atoms with Crippen LogP contribution in [-0.4, -0.2) is 12.9 Å². The molecule has 0 saturated carbocycles. The van der Waals surface area contributed by atoms with E-state index < -0.39 is 0 Å². The Morgan fingerprint density at radius 1 is 1.40 bits per heavy atom. The molecule has 1 aromatic carbocycles. The van der Waals surface area contributed by atoms with Gasteiger partial charge in [-0.1, -0.05) is 30.9 Å². The SMILES string of the molecule is C=CC=CC(=O)Cc1ccc(OC)cc1. The molecule has 0 fully saturated rings. The third kappa shape index (κ3) is 3.81. The molecule has 78 valence electrons. The smallest absolute Gasteiger partial charge is 0.160 e. The molecule has 0 spiro atoms. The zero-order valence-electron chi connectivity index (χ0n) is 8.77. The van der Waals surface area contributed by atoms with Gasteiger partial charge in [0.2, 0.25) is 0 Å². The van der Waals surface area contributed by atoms with E-state index in [0.29, 0.717) is 6.42 Å². The second-order valence-corrected chi connectivity index (χ2v) is 3.09. The first-order valence-corrected chi connectivity index (χ1v) is 4.71. The lowest BCUT2D eigenvalue weighted by atomic mass is 10.1. The molecule has 0 aliphatic carbocycles. The lowest BCUT2D eigenvalue weighted by molar-refractivity contribution is -0.114. The van der Waals surface area contributed by atoms with E-state index >= 15 is 0 Å². The van der Waals surface area contributed by atoms with Crippen LogP contribution in [0.3, 0.4) is 0 Å². The number of allylic oxidation sites excluding steroid dienone is 3. The fraction of sp³-hybridized carbons (Fsp3) is 0.154. The van der Waals surface area contributed by atoms with Crippen molar-refractivity contribution in [1.29, 1.82) is 0 Å². The van der Waals surface area contributed by atoms with E-state index in [0.717, 1.165) is 11.3 Å². The standard InChI is InChI=1S/C13H14O2/c1-3-4-5-12(14)10-11-6-8-13(15-2)9-7-11/h3-9H,1,10H2,2H3. The monoisotopic (exact) mass is 202 g/mol. The summed E-state index contributed by atoms with van der Waals surface area (Å²) in [6.45, 7) is 3.51. The Kier molecular flexibility index (Phi) is 4.35. The van der Waals surface area contributed by atoms with Gasteiger partial charge in [0, 0.05) is 6.42 Å². The minimum absolute atomic E-state index is 0.0695. The van der Waals surface area contributed by atoms with Crippen LogP contribution < -0.4 is 4.74 Å². The highest BCUT2D eigenvalue weighted by atomic mass is 16.5. The van der Waals surface area contributed by atoms with Crippen molar-refractivity contribution in [2.24, 2.45) is 0 Å². The molecule has 1 rings (SSSR count). The normalized spacial score (nSPS) is 10.2. The fourth-order valence-corrected chi connectivity index (χ4v) is 1.18. The highest BCUT2D eigenvalue weighted by Crippen LogP contribution is 2.11. The number of hydrogen-bond donors (Lipinski definition) is 0. The second kappa shape index (κ2) is 5.81. The molecule has 2 heteroatoms. The van der Waals surface area contributed by atoms with Gasteiger partial charge < -0.3 is 4.74 Å². The molecule has 1 aromatic rings. The number of hydrogen-bond acceptors (Lipinski definition) is 2. The molecule has 0 aliphatic heterocycles. The van der Waals surface area contributed by atoms with Crippen molar-refractivity contribution in [2.75, 3.05) is 7.11 Å². The van der Waals surface area contributed by atoms with E-state index in [9.17, 15) is 4.79 Å². The van der Waals surface area contributed by atoms with Crippen molar-refractivity contribution in [3.05, 3.63) is 54.6 Å². The number of carbonyl (C=O) groups excluding carboxylic acids is 1. The second-order valence-electron chi connectivity index (χ2n) is 3.09. The van der Waals surface area contributed by atoms with E-state index in [4.69, 9.17) is 4.74 Å². The van der Waals surface area contributed by atoms with Gasteiger partial charge in [0.15, 0.2) is 5.78 Å². The summed E-state index contributed by atoms with van der Waals surface area (Å²) in [6, 6.07) is 7.47. The van der Waals surface area contributed by atoms with Crippen LogP contribution in [-0.2, 0) is 11.2 Å². The lowest BCUT2D eigenvalue weighted by Gasteiger charge is -2.00. The molecule has 0 atom stereocenters. The Labute approximate surface area is 89.9 Å². The van der Waals surface area contributed by atoms with Crippen LogP contribution in [0.25, 0.3) is 0 Å². The topological polar surface area (TPSA) is 26.3 Å². The van der Waals surface area contributed by atoms with Gasteiger partial charge >= 0.3 is 0 Å². The molecule has 0 bridgehead atoms. The fourth-order valence-electron chi connectivity index (χ4n) is 1.18. The number of carbonyl (C=O) groups is 1. The molecule has 0 aliphatic rings. The Morgan fingerprint density at radius 2 is 2.07 bits per heavy atom. The average molecular weight is 202 g/mol. The van der Waals surface area contributed by atoms with Crippen molar-refractivity contribution in [1.82, 2.24) is 0 Å². The highest BCUT2D eigenvalue weighted by molar-refractivity contribution is 5.91. The molecule has 0 amide bonds. The third-order valence-electron chi connectivity index (χ3n) is 1.96. The van der Waals surface area contributed by atoms with Gasteiger partial charge in [0.25, 0.3) is 0 Å². The Hall–Kier alpha value is -1.83. The van der Waals surface area contributed by atoms with Crippen LogP contribution in [0.4, 0.5) is 0 Å². The lowest BCUT2D eigenvalue weighted by Crippen LogP contribution is -1.98. The van der Waals surface area contributed by atoms with Gasteiger partial charge in [-0.05, 0) is 23.8 Å². The van der Waals surface area contributed by atoms with Gasteiger partial charge in [-0.25, -0.2) is 0 Å². The number of ether oxygens (including phenoxy) is 1. The van der Waals surface area contributed by atoms with Crippen molar-refractivity contribution in [3.8, 4) is 5.75 Å². The Bertz CT molecular complexity index is 361. The van der Waals surface area contributed by atoms with E-state index in [1.54, 1.807) is 19.3 Å². The molecule has 0 N–H and O–H groups in total. The maximum atomic E-state index is 11.4. The predicted molar refractivity (Wildman–Crippen MR) is 61.0 cm³/mol. The van der Waals surface area contributed by atoms with Crippen molar-refractivity contribution in [3.63, 3.8) is 0 Å². The zero-order valence-corrected chi connectivity index (χ0v) is 8.77. The van der Waals surface area contributed by atoms with Crippen LogP contribution in [0, 0.1) is 0 Å². The minimum atomic E-state index is 0.0695. The molecule has 0 radical (unpaired) electrons. The summed E-state index contributed by atoms with van der Waals surface area (Å²) in [4.78, 5) is 11.4. The first-order valence-electron chi connectivity index (χ1n) is 4.71. The van der Waals surface area contributed by atoms with Crippen LogP contribution >= 0.6 is 0 Å². The van der Waals surface area contributed by atoms with E-state index in [1.165, 1.54) is 6.08 Å². The summed E-state index contributed by atoms with van der Waals surface area (Å²) in [5.41, 5.74) is 0.981. The average Bonchev–Trinajstić information content (AvgIpc) is 2.27. The van der Waals surface area contributed by atoms with Crippen molar-refractivity contribution in [2.45, 2.75) is 6.42 Å². The van der Waals surface area contributed by atoms with E-state index in [1.807, 2.05) is 24.3 Å². The number of ketones is 1. The maximum Gasteiger partial charge on any atom is 0.160 e.